The summed E-state index contributed by atoms with van der Waals surface area (Å²) >= 11 is 0. The monoisotopic (exact) mass is 132 g/mol. The molecule has 2 rings (SSSR count). The number of furan rings is 1. The molecule has 0 atom stereocenters. The van der Waals surface area contributed by atoms with Crippen molar-refractivity contribution in [3.8, 4) is 11.8 Å². The predicted molar refractivity (Wildman–Crippen MR) is 38.3 cm³/mol. The summed E-state index contributed by atoms with van der Waals surface area (Å²) in [5.74, 6) is 7.53. The molecule has 1 nitrogen and oxygen atoms in total. The first-order valence-electron chi connectivity index (χ1n) is 3.50. The van der Waals surface area contributed by atoms with Crippen LogP contribution < -0.4 is 0 Å². The standard InChI is InChI=1S/C9H8O/c1-2-9(10-7-1)6-5-8-3-4-8/h1-2,7-8H,3-4H2. The third kappa shape index (κ3) is 1.22. The molecule has 1 aromatic heterocycles. The molecule has 1 saturated carbocycles. The molecule has 0 radical (unpaired) electrons. The minimum Gasteiger partial charge on any atom is -0.456 e. The molecule has 1 fully saturated rings. The first kappa shape index (κ1) is 5.61. The number of hydrogen-bond donors (Lipinski definition) is 0. The summed E-state index contributed by atoms with van der Waals surface area (Å²) < 4.78 is 5.04. The van der Waals surface area contributed by atoms with E-state index in [1.807, 2.05) is 12.1 Å². The van der Waals surface area contributed by atoms with E-state index in [4.69, 9.17) is 4.42 Å². The lowest BCUT2D eigenvalue weighted by Crippen LogP contribution is -1.65. The molecule has 0 unspecified atom stereocenters. The first-order valence-corrected chi connectivity index (χ1v) is 3.50. The molecular formula is C9H8O. The van der Waals surface area contributed by atoms with Crippen LogP contribution in [0, 0.1) is 17.8 Å². The topological polar surface area (TPSA) is 13.1 Å². The summed E-state index contributed by atoms with van der Waals surface area (Å²) in [5, 5.41) is 0. The van der Waals surface area contributed by atoms with E-state index in [1.165, 1.54) is 12.8 Å². The maximum atomic E-state index is 5.04. The van der Waals surface area contributed by atoms with Gasteiger partial charge in [0.05, 0.1) is 6.26 Å². The Labute approximate surface area is 60.0 Å². The van der Waals surface area contributed by atoms with Gasteiger partial charge in [-0.1, -0.05) is 5.92 Å². The summed E-state index contributed by atoms with van der Waals surface area (Å²) in [5.41, 5.74) is 0. The minimum absolute atomic E-state index is 0.657. The molecule has 0 aliphatic heterocycles. The molecule has 0 amide bonds. The number of hydrogen-bond acceptors (Lipinski definition) is 1. The van der Waals surface area contributed by atoms with E-state index in [0.717, 1.165) is 5.76 Å². The highest BCUT2D eigenvalue weighted by Gasteiger charge is 2.17. The van der Waals surface area contributed by atoms with Crippen LogP contribution in [0.4, 0.5) is 0 Å². The fourth-order valence-electron chi connectivity index (χ4n) is 0.751. The normalized spacial score (nSPS) is 16.0. The average molecular weight is 132 g/mol. The Kier molecular flexibility index (Phi) is 1.25. The minimum atomic E-state index is 0.657. The zero-order chi connectivity index (χ0) is 6.81. The summed E-state index contributed by atoms with van der Waals surface area (Å²) in [6.07, 6.45) is 4.19. The van der Waals surface area contributed by atoms with Crippen LogP contribution in [0.15, 0.2) is 22.8 Å². The van der Waals surface area contributed by atoms with Crippen molar-refractivity contribution in [3.63, 3.8) is 0 Å². The van der Waals surface area contributed by atoms with Crippen LogP contribution in [0.5, 0.6) is 0 Å². The van der Waals surface area contributed by atoms with Crippen LogP contribution in [-0.2, 0) is 0 Å². The van der Waals surface area contributed by atoms with Crippen LogP contribution in [-0.4, -0.2) is 0 Å². The van der Waals surface area contributed by atoms with E-state index < -0.39 is 0 Å². The maximum Gasteiger partial charge on any atom is 0.176 e. The predicted octanol–water partition coefficient (Wildman–Crippen LogP) is 2.04. The smallest absolute Gasteiger partial charge is 0.176 e. The zero-order valence-corrected chi connectivity index (χ0v) is 5.63. The van der Waals surface area contributed by atoms with Gasteiger partial charge in [-0.15, -0.1) is 0 Å². The summed E-state index contributed by atoms with van der Waals surface area (Å²) in [6, 6.07) is 3.74. The SMILES string of the molecule is C(#CC1CC1)c1ccco1. The van der Waals surface area contributed by atoms with Crippen molar-refractivity contribution in [2.24, 2.45) is 5.92 Å². The van der Waals surface area contributed by atoms with Gasteiger partial charge in [-0.3, -0.25) is 0 Å². The summed E-state index contributed by atoms with van der Waals surface area (Å²) in [7, 11) is 0. The molecule has 10 heavy (non-hydrogen) atoms. The van der Waals surface area contributed by atoms with E-state index in [2.05, 4.69) is 11.8 Å². The molecule has 0 bridgehead atoms. The van der Waals surface area contributed by atoms with E-state index in [9.17, 15) is 0 Å². The largest absolute Gasteiger partial charge is 0.456 e. The van der Waals surface area contributed by atoms with Gasteiger partial charge in [-0.05, 0) is 30.9 Å². The molecule has 0 saturated heterocycles. The van der Waals surface area contributed by atoms with Gasteiger partial charge in [0.1, 0.15) is 0 Å². The molecule has 1 aromatic rings. The molecule has 1 heteroatoms. The second-order valence-electron chi connectivity index (χ2n) is 2.52. The number of rotatable bonds is 0. The Hall–Kier alpha value is -1.16. The van der Waals surface area contributed by atoms with Crippen LogP contribution in [0.1, 0.15) is 18.6 Å². The third-order valence-corrected chi connectivity index (χ3v) is 1.50. The molecular weight excluding hydrogens is 124 g/mol. The van der Waals surface area contributed by atoms with Crippen LogP contribution >= 0.6 is 0 Å². The van der Waals surface area contributed by atoms with Crippen molar-refractivity contribution in [1.82, 2.24) is 0 Å². The van der Waals surface area contributed by atoms with Crippen LogP contribution in [0.2, 0.25) is 0 Å². The Morgan fingerprint density at radius 3 is 3.00 bits per heavy atom. The lowest BCUT2D eigenvalue weighted by atomic mass is 10.4. The Morgan fingerprint density at radius 2 is 2.40 bits per heavy atom. The van der Waals surface area contributed by atoms with Gasteiger partial charge >= 0.3 is 0 Å². The van der Waals surface area contributed by atoms with Gasteiger partial charge in [0.2, 0.25) is 0 Å². The lowest BCUT2D eigenvalue weighted by Gasteiger charge is -1.74. The molecule has 0 aromatic carbocycles. The highest BCUT2D eigenvalue weighted by Crippen LogP contribution is 2.27. The van der Waals surface area contributed by atoms with E-state index in [-0.39, 0.29) is 0 Å². The fraction of sp³-hybridized carbons (Fsp3) is 0.333. The Balaban J connectivity index is 2.09. The van der Waals surface area contributed by atoms with E-state index >= 15 is 0 Å². The summed E-state index contributed by atoms with van der Waals surface area (Å²) in [4.78, 5) is 0. The molecule has 1 aliphatic carbocycles. The zero-order valence-electron chi connectivity index (χ0n) is 5.63. The maximum absolute atomic E-state index is 5.04. The van der Waals surface area contributed by atoms with Crippen LogP contribution in [0.3, 0.4) is 0 Å². The van der Waals surface area contributed by atoms with Crippen LogP contribution in [0.25, 0.3) is 0 Å². The molecule has 1 aliphatic rings. The molecule has 50 valence electrons. The Bertz CT molecular complexity index is 257. The van der Waals surface area contributed by atoms with Crippen molar-refractivity contribution in [2.45, 2.75) is 12.8 Å². The molecule has 0 N–H and O–H groups in total. The second-order valence-corrected chi connectivity index (χ2v) is 2.52. The highest BCUT2D eigenvalue weighted by atomic mass is 16.3. The van der Waals surface area contributed by atoms with Gasteiger partial charge in [0.15, 0.2) is 5.76 Å². The van der Waals surface area contributed by atoms with E-state index in [0.29, 0.717) is 5.92 Å². The second kappa shape index (κ2) is 2.22. The summed E-state index contributed by atoms with van der Waals surface area (Å²) in [6.45, 7) is 0. The lowest BCUT2D eigenvalue weighted by molar-refractivity contribution is 0.554. The van der Waals surface area contributed by atoms with Crippen molar-refractivity contribution in [1.29, 1.82) is 0 Å². The van der Waals surface area contributed by atoms with Gasteiger partial charge in [0, 0.05) is 5.92 Å². The molecule has 1 heterocycles. The quantitative estimate of drug-likeness (QED) is 0.492. The molecule has 0 spiro atoms. The van der Waals surface area contributed by atoms with Crippen molar-refractivity contribution < 1.29 is 4.42 Å². The Morgan fingerprint density at radius 1 is 1.50 bits per heavy atom. The van der Waals surface area contributed by atoms with Crippen molar-refractivity contribution >= 4 is 0 Å². The van der Waals surface area contributed by atoms with Crippen molar-refractivity contribution in [3.05, 3.63) is 24.2 Å². The van der Waals surface area contributed by atoms with Gasteiger partial charge in [-0.25, -0.2) is 0 Å². The van der Waals surface area contributed by atoms with Crippen molar-refractivity contribution in [2.75, 3.05) is 0 Å². The van der Waals surface area contributed by atoms with Gasteiger partial charge in [-0.2, -0.15) is 0 Å². The third-order valence-electron chi connectivity index (χ3n) is 1.50. The average Bonchev–Trinajstić information content (AvgIpc) is 2.63. The first-order chi connectivity index (χ1) is 4.95. The van der Waals surface area contributed by atoms with Gasteiger partial charge < -0.3 is 4.42 Å². The van der Waals surface area contributed by atoms with E-state index in [1.54, 1.807) is 6.26 Å². The fourth-order valence-corrected chi connectivity index (χ4v) is 0.751. The highest BCUT2D eigenvalue weighted by molar-refractivity contribution is 5.26. The van der Waals surface area contributed by atoms with Gasteiger partial charge in [0.25, 0.3) is 0 Å².